The molecular formula is C13H20FNO. The van der Waals surface area contributed by atoms with Crippen LogP contribution in [-0.4, -0.2) is 17.8 Å². The maximum absolute atomic E-state index is 13.0. The number of aryl methyl sites for hydroxylation is 1. The average molecular weight is 225 g/mol. The number of aliphatic hydroxyl groups is 1. The summed E-state index contributed by atoms with van der Waals surface area (Å²) in [4.78, 5) is 0. The van der Waals surface area contributed by atoms with Gasteiger partial charge >= 0.3 is 0 Å². The molecule has 0 fully saturated rings. The second-order valence-corrected chi connectivity index (χ2v) is 4.50. The Labute approximate surface area is 96.5 Å². The van der Waals surface area contributed by atoms with Gasteiger partial charge in [0.05, 0.1) is 6.61 Å². The number of rotatable bonds is 5. The Hall–Kier alpha value is -0.930. The van der Waals surface area contributed by atoms with Crippen molar-refractivity contribution in [2.75, 3.05) is 6.61 Å². The number of aliphatic hydroxyl groups excluding tert-OH is 1. The summed E-state index contributed by atoms with van der Waals surface area (Å²) in [5.41, 5.74) is 1.70. The van der Waals surface area contributed by atoms with Gasteiger partial charge in [0.1, 0.15) is 5.82 Å². The third kappa shape index (κ3) is 3.58. The first-order chi connectivity index (χ1) is 7.54. The number of halogens is 1. The highest BCUT2D eigenvalue weighted by atomic mass is 19.1. The van der Waals surface area contributed by atoms with Gasteiger partial charge in [-0.15, -0.1) is 0 Å². The molecule has 0 saturated carbocycles. The van der Waals surface area contributed by atoms with Crippen LogP contribution in [0, 0.1) is 18.7 Å². The smallest absolute Gasteiger partial charge is 0.126 e. The summed E-state index contributed by atoms with van der Waals surface area (Å²) in [6.07, 6.45) is 0. The highest BCUT2D eigenvalue weighted by molar-refractivity contribution is 5.23. The van der Waals surface area contributed by atoms with Gasteiger partial charge in [0, 0.05) is 12.6 Å². The maximum atomic E-state index is 13.0. The van der Waals surface area contributed by atoms with E-state index in [1.807, 2.05) is 6.07 Å². The fraction of sp³-hybridized carbons (Fsp3) is 0.538. The van der Waals surface area contributed by atoms with E-state index in [1.54, 1.807) is 13.0 Å². The molecule has 1 unspecified atom stereocenters. The predicted molar refractivity (Wildman–Crippen MR) is 63.7 cm³/mol. The molecule has 0 radical (unpaired) electrons. The fourth-order valence-electron chi connectivity index (χ4n) is 1.58. The molecule has 16 heavy (non-hydrogen) atoms. The summed E-state index contributed by atoms with van der Waals surface area (Å²) in [6, 6.07) is 5.17. The molecule has 0 spiro atoms. The van der Waals surface area contributed by atoms with E-state index in [0.717, 1.165) is 5.56 Å². The van der Waals surface area contributed by atoms with Crippen LogP contribution in [0.25, 0.3) is 0 Å². The average Bonchev–Trinajstić information content (AvgIpc) is 2.23. The van der Waals surface area contributed by atoms with E-state index in [-0.39, 0.29) is 18.5 Å². The maximum Gasteiger partial charge on any atom is 0.126 e. The molecule has 0 aromatic heterocycles. The van der Waals surface area contributed by atoms with Crippen molar-refractivity contribution in [3.05, 3.63) is 35.1 Å². The van der Waals surface area contributed by atoms with Crippen LogP contribution >= 0.6 is 0 Å². The number of benzene rings is 1. The van der Waals surface area contributed by atoms with Crippen LogP contribution in [-0.2, 0) is 6.54 Å². The van der Waals surface area contributed by atoms with E-state index in [1.165, 1.54) is 6.07 Å². The van der Waals surface area contributed by atoms with Crippen molar-refractivity contribution >= 4 is 0 Å². The second-order valence-electron chi connectivity index (χ2n) is 4.50. The lowest BCUT2D eigenvalue weighted by molar-refractivity contribution is 0.210. The highest BCUT2D eigenvalue weighted by Gasteiger charge is 2.11. The van der Waals surface area contributed by atoms with Crippen LogP contribution in [0.1, 0.15) is 25.0 Å². The molecule has 0 heterocycles. The normalized spacial score (nSPS) is 13.1. The number of hydrogen-bond acceptors (Lipinski definition) is 2. The van der Waals surface area contributed by atoms with Crippen molar-refractivity contribution < 1.29 is 9.50 Å². The van der Waals surface area contributed by atoms with E-state index in [4.69, 9.17) is 5.11 Å². The van der Waals surface area contributed by atoms with Crippen molar-refractivity contribution in [1.82, 2.24) is 5.32 Å². The predicted octanol–water partition coefficient (Wildman–Crippen LogP) is 2.24. The van der Waals surface area contributed by atoms with Crippen LogP contribution in [0.5, 0.6) is 0 Å². The monoisotopic (exact) mass is 225 g/mol. The number of hydrogen-bond donors (Lipinski definition) is 2. The summed E-state index contributed by atoms with van der Waals surface area (Å²) in [6.45, 7) is 6.65. The molecule has 90 valence electrons. The van der Waals surface area contributed by atoms with Gasteiger partial charge in [0.15, 0.2) is 0 Å². The first-order valence-corrected chi connectivity index (χ1v) is 5.64. The van der Waals surface area contributed by atoms with E-state index >= 15 is 0 Å². The van der Waals surface area contributed by atoms with Crippen molar-refractivity contribution in [3.8, 4) is 0 Å². The molecular weight excluding hydrogens is 205 g/mol. The Balaban J connectivity index is 2.57. The van der Waals surface area contributed by atoms with Gasteiger partial charge in [-0.1, -0.05) is 26.0 Å². The molecule has 1 atom stereocenters. The molecule has 0 amide bonds. The van der Waals surface area contributed by atoms with Crippen LogP contribution in [0.2, 0.25) is 0 Å². The third-order valence-electron chi connectivity index (χ3n) is 2.79. The Morgan fingerprint density at radius 1 is 1.38 bits per heavy atom. The molecule has 1 aromatic rings. The van der Waals surface area contributed by atoms with Crippen molar-refractivity contribution in [3.63, 3.8) is 0 Å². The van der Waals surface area contributed by atoms with Crippen LogP contribution < -0.4 is 5.32 Å². The molecule has 1 rings (SSSR count). The topological polar surface area (TPSA) is 32.3 Å². The molecule has 2 N–H and O–H groups in total. The van der Waals surface area contributed by atoms with E-state index in [9.17, 15) is 4.39 Å². The zero-order chi connectivity index (χ0) is 12.1. The first kappa shape index (κ1) is 13.1. The molecule has 3 heteroatoms. The summed E-state index contributed by atoms with van der Waals surface area (Å²) in [7, 11) is 0. The van der Waals surface area contributed by atoms with Gasteiger partial charge < -0.3 is 10.4 Å². The van der Waals surface area contributed by atoms with Crippen LogP contribution in [0.3, 0.4) is 0 Å². The molecule has 0 bridgehead atoms. The van der Waals surface area contributed by atoms with Crippen LogP contribution in [0.4, 0.5) is 4.39 Å². The Morgan fingerprint density at radius 2 is 2.06 bits per heavy atom. The minimum Gasteiger partial charge on any atom is -0.395 e. The van der Waals surface area contributed by atoms with Gasteiger partial charge in [-0.25, -0.2) is 4.39 Å². The van der Waals surface area contributed by atoms with E-state index in [0.29, 0.717) is 18.0 Å². The third-order valence-corrected chi connectivity index (χ3v) is 2.79. The standard InChI is InChI=1S/C13H20FNO/c1-9(2)13(8-16)15-7-11-4-5-12(14)10(3)6-11/h4-6,9,13,15-16H,7-8H2,1-3H3. The van der Waals surface area contributed by atoms with Gasteiger partial charge in [-0.05, 0) is 30.0 Å². The summed E-state index contributed by atoms with van der Waals surface area (Å²) in [5.74, 6) is 0.206. The highest BCUT2D eigenvalue weighted by Crippen LogP contribution is 2.10. The largest absolute Gasteiger partial charge is 0.395 e. The summed E-state index contributed by atoms with van der Waals surface area (Å²) < 4.78 is 13.0. The van der Waals surface area contributed by atoms with Crippen molar-refractivity contribution in [2.45, 2.75) is 33.4 Å². The number of nitrogens with one attached hydrogen (secondary N) is 1. The lowest BCUT2D eigenvalue weighted by Gasteiger charge is -2.20. The summed E-state index contributed by atoms with van der Waals surface area (Å²) in [5, 5.41) is 12.4. The van der Waals surface area contributed by atoms with Gasteiger partial charge in [-0.3, -0.25) is 0 Å². The van der Waals surface area contributed by atoms with Gasteiger partial charge in [0.25, 0.3) is 0 Å². The fourth-order valence-corrected chi connectivity index (χ4v) is 1.58. The van der Waals surface area contributed by atoms with Crippen LogP contribution in [0.15, 0.2) is 18.2 Å². The zero-order valence-corrected chi connectivity index (χ0v) is 10.1. The van der Waals surface area contributed by atoms with Crippen molar-refractivity contribution in [2.24, 2.45) is 5.92 Å². The Bertz CT molecular complexity index is 339. The van der Waals surface area contributed by atoms with Gasteiger partial charge in [-0.2, -0.15) is 0 Å². The SMILES string of the molecule is Cc1cc(CNC(CO)C(C)C)ccc1F. The van der Waals surface area contributed by atoms with E-state index < -0.39 is 0 Å². The second kappa shape index (κ2) is 5.97. The molecule has 0 aliphatic carbocycles. The lowest BCUT2D eigenvalue weighted by atomic mass is 10.0. The van der Waals surface area contributed by atoms with E-state index in [2.05, 4.69) is 19.2 Å². The quantitative estimate of drug-likeness (QED) is 0.805. The molecule has 2 nitrogen and oxygen atoms in total. The summed E-state index contributed by atoms with van der Waals surface area (Å²) >= 11 is 0. The van der Waals surface area contributed by atoms with Crippen molar-refractivity contribution in [1.29, 1.82) is 0 Å². The lowest BCUT2D eigenvalue weighted by Crippen LogP contribution is -2.36. The molecule has 1 aromatic carbocycles. The minimum atomic E-state index is -0.175. The Morgan fingerprint density at radius 3 is 2.56 bits per heavy atom. The first-order valence-electron chi connectivity index (χ1n) is 5.64. The molecule has 0 aliphatic rings. The molecule has 0 saturated heterocycles. The van der Waals surface area contributed by atoms with Gasteiger partial charge in [0.2, 0.25) is 0 Å². The minimum absolute atomic E-state index is 0.0883. The molecule has 0 aliphatic heterocycles. The Kier molecular flexibility index (Phi) is 4.90. The zero-order valence-electron chi connectivity index (χ0n) is 10.1.